The van der Waals surface area contributed by atoms with Gasteiger partial charge in [0.15, 0.2) is 0 Å². The summed E-state index contributed by atoms with van der Waals surface area (Å²) in [4.78, 5) is 15.8. The van der Waals surface area contributed by atoms with Crippen LogP contribution in [0.3, 0.4) is 0 Å². The van der Waals surface area contributed by atoms with Crippen LogP contribution in [0.2, 0.25) is 0 Å². The first-order valence-electron chi connectivity index (χ1n) is 7.26. The number of carbonyl (C=O) groups is 1. The average Bonchev–Trinajstić information content (AvgIpc) is 2.61. The first kappa shape index (κ1) is 14.7. The second-order valence-electron chi connectivity index (χ2n) is 4.96. The Morgan fingerprint density at radius 2 is 1.96 bits per heavy atom. The smallest absolute Gasteiger partial charge is 0.259 e. The minimum absolute atomic E-state index is 0.151. The Balaban J connectivity index is 1.57. The molecule has 0 aliphatic carbocycles. The molecular formula is C18H16N4O. The van der Waals surface area contributed by atoms with Gasteiger partial charge in [-0.3, -0.25) is 9.78 Å². The van der Waals surface area contributed by atoms with Crippen molar-refractivity contribution >= 4 is 28.6 Å². The van der Waals surface area contributed by atoms with Crippen LogP contribution in [0.25, 0.3) is 10.8 Å². The lowest BCUT2D eigenvalue weighted by Gasteiger charge is -2.08. The summed E-state index contributed by atoms with van der Waals surface area (Å²) in [6, 6.07) is 17.7. The Bertz CT molecular complexity index is 825. The topological polar surface area (TPSA) is 66.4 Å². The van der Waals surface area contributed by atoms with Gasteiger partial charge in [-0.05, 0) is 17.5 Å². The number of pyridine rings is 1. The monoisotopic (exact) mass is 304 g/mol. The van der Waals surface area contributed by atoms with Crippen molar-refractivity contribution in [3.8, 4) is 0 Å². The van der Waals surface area contributed by atoms with Gasteiger partial charge in [0, 0.05) is 29.0 Å². The summed E-state index contributed by atoms with van der Waals surface area (Å²) < 4.78 is 0. The molecule has 0 aliphatic heterocycles. The first-order valence-corrected chi connectivity index (χ1v) is 7.26. The maximum Gasteiger partial charge on any atom is 0.259 e. The lowest BCUT2D eigenvalue weighted by atomic mass is 10.1. The number of hydrogen-bond donors (Lipinski definition) is 2. The first-order chi connectivity index (χ1) is 11.3. The number of aromatic nitrogens is 1. The number of rotatable bonds is 5. The van der Waals surface area contributed by atoms with Gasteiger partial charge >= 0.3 is 0 Å². The molecule has 5 heteroatoms. The molecule has 0 saturated carbocycles. The summed E-state index contributed by atoms with van der Waals surface area (Å²) in [7, 11) is 0. The number of amides is 1. The molecular weight excluding hydrogens is 288 g/mol. The summed E-state index contributed by atoms with van der Waals surface area (Å²) in [5, 5.41) is 9.27. The van der Waals surface area contributed by atoms with Gasteiger partial charge in [-0.1, -0.05) is 42.5 Å². The molecule has 0 unspecified atom stereocenters. The van der Waals surface area contributed by atoms with Crippen molar-refractivity contribution in [3.05, 3.63) is 72.6 Å². The highest BCUT2D eigenvalue weighted by Gasteiger charge is 2.02. The third-order valence-corrected chi connectivity index (χ3v) is 3.32. The molecule has 1 amide bonds. The van der Waals surface area contributed by atoms with Crippen LogP contribution in [0.1, 0.15) is 5.56 Å². The van der Waals surface area contributed by atoms with Gasteiger partial charge in [0.2, 0.25) is 0 Å². The number of fused-ring (bicyclic) bond motifs is 1. The molecule has 23 heavy (non-hydrogen) atoms. The maximum atomic E-state index is 11.8. The van der Waals surface area contributed by atoms with E-state index >= 15 is 0 Å². The van der Waals surface area contributed by atoms with Gasteiger partial charge in [-0.2, -0.15) is 5.10 Å². The zero-order chi connectivity index (χ0) is 15.9. The van der Waals surface area contributed by atoms with E-state index in [-0.39, 0.29) is 12.5 Å². The fraction of sp³-hybridized carbons (Fsp3) is 0.0556. The summed E-state index contributed by atoms with van der Waals surface area (Å²) in [5.74, 6) is -0.210. The molecule has 1 heterocycles. The fourth-order valence-corrected chi connectivity index (χ4v) is 2.23. The number of hydrazone groups is 1. The maximum absolute atomic E-state index is 11.8. The number of anilines is 1. The van der Waals surface area contributed by atoms with Crippen molar-refractivity contribution in [2.75, 3.05) is 11.9 Å². The molecule has 0 bridgehead atoms. The second kappa shape index (κ2) is 7.17. The minimum Gasteiger partial charge on any atom is -0.376 e. The quantitative estimate of drug-likeness (QED) is 0.562. The van der Waals surface area contributed by atoms with Crippen molar-refractivity contribution in [1.29, 1.82) is 0 Å². The predicted molar refractivity (Wildman–Crippen MR) is 92.4 cm³/mol. The van der Waals surface area contributed by atoms with Crippen LogP contribution in [-0.2, 0) is 4.79 Å². The molecule has 3 aromatic rings. The molecule has 0 saturated heterocycles. The van der Waals surface area contributed by atoms with E-state index in [2.05, 4.69) is 20.8 Å². The van der Waals surface area contributed by atoms with Crippen LogP contribution >= 0.6 is 0 Å². The number of carbonyl (C=O) groups excluding carboxylic acids is 1. The van der Waals surface area contributed by atoms with Crippen molar-refractivity contribution in [1.82, 2.24) is 10.4 Å². The minimum atomic E-state index is -0.210. The molecule has 2 aromatic carbocycles. The molecule has 5 nitrogen and oxygen atoms in total. The van der Waals surface area contributed by atoms with E-state index in [1.165, 1.54) is 0 Å². The standard InChI is InChI=1S/C18H16N4O/c23-18(22-21-12-14-5-4-10-19-11-14)13-20-17-9-3-7-15-6-1-2-8-16(15)17/h1-12,20H,13H2,(H,22,23)/b21-12+. The van der Waals surface area contributed by atoms with E-state index in [0.29, 0.717) is 0 Å². The summed E-state index contributed by atoms with van der Waals surface area (Å²) in [5.41, 5.74) is 4.24. The van der Waals surface area contributed by atoms with E-state index < -0.39 is 0 Å². The van der Waals surface area contributed by atoms with Crippen LogP contribution in [0, 0.1) is 0 Å². The highest BCUT2D eigenvalue weighted by Crippen LogP contribution is 2.22. The van der Waals surface area contributed by atoms with Crippen molar-refractivity contribution < 1.29 is 4.79 Å². The largest absolute Gasteiger partial charge is 0.376 e. The normalized spacial score (nSPS) is 10.8. The highest BCUT2D eigenvalue weighted by molar-refractivity contribution is 5.95. The number of nitrogens with zero attached hydrogens (tertiary/aromatic N) is 2. The van der Waals surface area contributed by atoms with Gasteiger partial charge in [0.25, 0.3) is 5.91 Å². The lowest BCUT2D eigenvalue weighted by Crippen LogP contribution is -2.25. The van der Waals surface area contributed by atoms with E-state index in [4.69, 9.17) is 0 Å². The molecule has 3 rings (SSSR count). The predicted octanol–water partition coefficient (Wildman–Crippen LogP) is 2.80. The van der Waals surface area contributed by atoms with Crippen LogP contribution in [0.5, 0.6) is 0 Å². The number of nitrogens with one attached hydrogen (secondary N) is 2. The van der Waals surface area contributed by atoms with Crippen LogP contribution in [0.15, 0.2) is 72.1 Å². The van der Waals surface area contributed by atoms with E-state index in [1.54, 1.807) is 18.6 Å². The SMILES string of the molecule is O=C(CNc1cccc2ccccc12)N/N=C/c1cccnc1. The van der Waals surface area contributed by atoms with Crippen LogP contribution in [0.4, 0.5) is 5.69 Å². The Labute approximate surface area is 134 Å². The average molecular weight is 304 g/mol. The fourth-order valence-electron chi connectivity index (χ4n) is 2.23. The summed E-state index contributed by atoms with van der Waals surface area (Å²) in [6.45, 7) is 0.151. The Morgan fingerprint density at radius 1 is 1.09 bits per heavy atom. The van der Waals surface area contributed by atoms with Gasteiger partial charge in [-0.15, -0.1) is 0 Å². The Hall–Kier alpha value is -3.21. The van der Waals surface area contributed by atoms with Crippen molar-refractivity contribution in [2.45, 2.75) is 0 Å². The van der Waals surface area contributed by atoms with Crippen LogP contribution < -0.4 is 10.7 Å². The second-order valence-corrected chi connectivity index (χ2v) is 4.96. The molecule has 1 aromatic heterocycles. The molecule has 0 spiro atoms. The molecule has 0 aliphatic rings. The molecule has 0 fully saturated rings. The Kier molecular flexibility index (Phi) is 4.59. The third-order valence-electron chi connectivity index (χ3n) is 3.32. The van der Waals surface area contributed by atoms with Crippen molar-refractivity contribution in [3.63, 3.8) is 0 Å². The van der Waals surface area contributed by atoms with Gasteiger partial charge < -0.3 is 5.32 Å². The van der Waals surface area contributed by atoms with E-state index in [9.17, 15) is 4.79 Å². The molecule has 0 radical (unpaired) electrons. The van der Waals surface area contributed by atoms with Gasteiger partial charge in [0.05, 0.1) is 12.8 Å². The van der Waals surface area contributed by atoms with Gasteiger partial charge in [0.1, 0.15) is 0 Å². The summed E-state index contributed by atoms with van der Waals surface area (Å²) >= 11 is 0. The molecule has 114 valence electrons. The lowest BCUT2D eigenvalue weighted by molar-refractivity contribution is -0.119. The van der Waals surface area contributed by atoms with E-state index in [0.717, 1.165) is 22.0 Å². The molecule has 0 atom stereocenters. The summed E-state index contributed by atoms with van der Waals surface area (Å²) in [6.07, 6.45) is 4.91. The highest BCUT2D eigenvalue weighted by atomic mass is 16.2. The number of benzene rings is 2. The number of hydrogen-bond acceptors (Lipinski definition) is 4. The zero-order valence-electron chi connectivity index (χ0n) is 12.4. The van der Waals surface area contributed by atoms with E-state index in [1.807, 2.05) is 54.6 Å². The zero-order valence-corrected chi connectivity index (χ0v) is 12.4. The Morgan fingerprint density at radius 3 is 2.83 bits per heavy atom. The van der Waals surface area contributed by atoms with Gasteiger partial charge in [-0.25, -0.2) is 5.43 Å². The van der Waals surface area contributed by atoms with Crippen LogP contribution in [-0.4, -0.2) is 23.7 Å². The third kappa shape index (κ3) is 3.91. The molecule has 2 N–H and O–H groups in total. The van der Waals surface area contributed by atoms with Crippen molar-refractivity contribution in [2.24, 2.45) is 5.10 Å².